The first kappa shape index (κ1) is 21.7. The van der Waals surface area contributed by atoms with E-state index in [1.54, 1.807) is 0 Å². The Morgan fingerprint density at radius 1 is 0.879 bits per heavy atom. The van der Waals surface area contributed by atoms with Crippen LogP contribution in [0.4, 0.5) is 10.0 Å². The molecule has 0 radical (unpaired) electrons. The second kappa shape index (κ2) is 7.16. The van der Waals surface area contributed by atoms with E-state index in [9.17, 15) is 0 Å². The van der Waals surface area contributed by atoms with Crippen molar-refractivity contribution in [3.8, 4) is 0 Å². The average Bonchev–Trinajstić information content (AvgIpc) is 3.24. The molecule has 1 atom stereocenters. The summed E-state index contributed by atoms with van der Waals surface area (Å²) in [4.78, 5) is 0. The summed E-state index contributed by atoms with van der Waals surface area (Å²) in [7, 11) is 6.50. The molecule has 1 aromatic heterocycles. The van der Waals surface area contributed by atoms with Gasteiger partial charge in [0, 0.05) is 24.3 Å². The Hall–Kier alpha value is -3.18. The predicted molar refractivity (Wildman–Crippen MR) is 139 cm³/mol. The zero-order chi connectivity index (χ0) is 23.7. The van der Waals surface area contributed by atoms with Crippen molar-refractivity contribution in [2.45, 2.75) is 27.7 Å². The van der Waals surface area contributed by atoms with Gasteiger partial charge in [0.1, 0.15) is 11.4 Å². The van der Waals surface area contributed by atoms with Crippen LogP contribution >= 0.6 is 0 Å². The molecule has 5 rings (SSSR count). The molecule has 3 aromatic rings. The van der Waals surface area contributed by atoms with Gasteiger partial charge in [0.2, 0.25) is 0 Å². The molecule has 5 heteroatoms. The van der Waals surface area contributed by atoms with Crippen molar-refractivity contribution in [2.75, 3.05) is 21.1 Å². The minimum Gasteiger partial charge on any atom is -0.423 e. The number of aryl methyl sites for hydroxylation is 2. The summed E-state index contributed by atoms with van der Waals surface area (Å²) in [5, 5.41) is 0. The molecule has 168 valence electrons. The van der Waals surface area contributed by atoms with Gasteiger partial charge in [-0.15, -0.1) is 0 Å². The molecule has 0 fully saturated rings. The zero-order valence-corrected chi connectivity index (χ0v) is 20.6. The summed E-state index contributed by atoms with van der Waals surface area (Å²) in [6.07, 6.45) is 2.12. The van der Waals surface area contributed by atoms with Crippen LogP contribution in [0.1, 0.15) is 36.4 Å². The minimum absolute atomic E-state index is 0.692. The van der Waals surface area contributed by atoms with Crippen LogP contribution in [-0.4, -0.2) is 42.5 Å². The standard InChI is InChI=1S/C28H32BFN3/c1-19-17-21(3)31-27(19)26(23-13-15-25(16-14-23)33(5,6)7)28-20(2)18-22(4)32(28)29(31,30)24-11-9-8-10-12-24/h8-18H,1-7H3/q+1. The highest BCUT2D eigenvalue weighted by Crippen LogP contribution is 2.44. The number of fused-ring (bicyclic) bond motifs is 2. The average molecular weight is 440 g/mol. The highest BCUT2D eigenvalue weighted by atomic mass is 19.1. The van der Waals surface area contributed by atoms with Gasteiger partial charge in [-0.1, -0.05) is 35.8 Å². The van der Waals surface area contributed by atoms with E-state index in [1.165, 1.54) is 5.69 Å². The van der Waals surface area contributed by atoms with E-state index >= 15 is 4.32 Å². The summed E-state index contributed by atoms with van der Waals surface area (Å²) in [6, 6.07) is 20.5. The fourth-order valence-corrected chi connectivity index (χ4v) is 5.72. The fraction of sp³-hybridized carbons (Fsp3) is 0.250. The lowest BCUT2D eigenvalue weighted by atomic mass is 9.58. The van der Waals surface area contributed by atoms with Gasteiger partial charge in [0.15, 0.2) is 5.70 Å². The molecule has 2 aromatic carbocycles. The van der Waals surface area contributed by atoms with Crippen molar-refractivity contribution < 1.29 is 8.80 Å². The van der Waals surface area contributed by atoms with Crippen molar-refractivity contribution in [1.82, 2.24) is 8.96 Å². The molecule has 0 spiro atoms. The van der Waals surface area contributed by atoms with Crippen LogP contribution in [0.2, 0.25) is 0 Å². The number of rotatable bonds is 3. The Bertz CT molecular complexity index is 1370. The number of hydrogen-bond acceptors (Lipinski definition) is 0. The van der Waals surface area contributed by atoms with E-state index in [0.29, 0.717) is 5.46 Å². The van der Waals surface area contributed by atoms with Crippen LogP contribution in [-0.2, 0) is 0 Å². The SMILES string of the molecule is CC1=CC(C)=[N+]2C1=C(c1ccc([N+](C)(C)C)cc1)c1c(C)cc(C)n1[B-]2(F)c1ccccc1. The lowest BCUT2D eigenvalue weighted by Gasteiger charge is -2.40. The number of aromatic nitrogens is 1. The normalized spacial score (nSPS) is 20.2. The van der Waals surface area contributed by atoms with Crippen LogP contribution in [0.15, 0.2) is 78.0 Å². The second-order valence-electron chi connectivity index (χ2n) is 10.4. The largest absolute Gasteiger partial charge is 0.578 e. The summed E-state index contributed by atoms with van der Waals surface area (Å²) in [6.45, 7) is 5.51. The summed E-state index contributed by atoms with van der Waals surface area (Å²) in [5.41, 5.74) is 10.2. The molecule has 0 aliphatic carbocycles. The predicted octanol–water partition coefficient (Wildman–Crippen LogP) is 5.17. The number of allylic oxidation sites excluding steroid dienone is 2. The molecule has 3 heterocycles. The Morgan fingerprint density at radius 3 is 2.12 bits per heavy atom. The topological polar surface area (TPSA) is 7.94 Å². The maximum atomic E-state index is 17.7. The minimum atomic E-state index is -2.72. The maximum Gasteiger partial charge on any atom is 0.578 e. The first-order valence-electron chi connectivity index (χ1n) is 11.6. The van der Waals surface area contributed by atoms with Crippen LogP contribution in [0.3, 0.4) is 0 Å². The van der Waals surface area contributed by atoms with E-state index in [-0.39, 0.29) is 0 Å². The van der Waals surface area contributed by atoms with Gasteiger partial charge < -0.3 is 13.3 Å². The number of quaternary nitrogens is 1. The smallest absolute Gasteiger partial charge is 0.423 e. The van der Waals surface area contributed by atoms with E-state index in [0.717, 1.165) is 49.6 Å². The van der Waals surface area contributed by atoms with Crippen LogP contribution < -0.4 is 9.95 Å². The third-order valence-corrected chi connectivity index (χ3v) is 7.15. The van der Waals surface area contributed by atoms with Crippen LogP contribution in [0.25, 0.3) is 5.57 Å². The van der Waals surface area contributed by atoms with Gasteiger partial charge in [0.05, 0.1) is 26.7 Å². The summed E-state index contributed by atoms with van der Waals surface area (Å²) >= 11 is 0. The third-order valence-electron chi connectivity index (χ3n) is 7.15. The molecule has 0 bridgehead atoms. The van der Waals surface area contributed by atoms with Crippen molar-refractivity contribution in [3.63, 3.8) is 0 Å². The van der Waals surface area contributed by atoms with E-state index in [4.69, 9.17) is 0 Å². The van der Waals surface area contributed by atoms with Gasteiger partial charge >= 0.3 is 6.69 Å². The van der Waals surface area contributed by atoms with Crippen molar-refractivity contribution in [2.24, 2.45) is 0 Å². The summed E-state index contributed by atoms with van der Waals surface area (Å²) < 4.78 is 22.4. The molecule has 0 saturated heterocycles. The van der Waals surface area contributed by atoms with Crippen LogP contribution in [0, 0.1) is 13.8 Å². The number of halogens is 1. The molecular weight excluding hydrogens is 408 g/mol. The molecule has 2 aliphatic heterocycles. The molecule has 0 saturated carbocycles. The number of nitrogens with zero attached hydrogens (tertiary/aromatic N) is 3. The quantitative estimate of drug-likeness (QED) is 0.392. The third kappa shape index (κ3) is 3.02. The lowest BCUT2D eigenvalue weighted by molar-refractivity contribution is -0.345. The molecular formula is C28H32BFN3+. The highest BCUT2D eigenvalue weighted by molar-refractivity contribution is 6.79. The van der Waals surface area contributed by atoms with Crippen molar-refractivity contribution in [3.05, 3.63) is 101 Å². The molecule has 2 aliphatic rings. The number of hydrogen-bond donors (Lipinski definition) is 0. The van der Waals surface area contributed by atoms with E-state index in [1.807, 2.05) is 53.1 Å². The van der Waals surface area contributed by atoms with Crippen LogP contribution in [0.5, 0.6) is 0 Å². The highest BCUT2D eigenvalue weighted by Gasteiger charge is 2.54. The van der Waals surface area contributed by atoms with Gasteiger partial charge in [-0.2, -0.15) is 0 Å². The maximum absolute atomic E-state index is 17.7. The lowest BCUT2D eigenvalue weighted by Crippen LogP contribution is -2.63. The Morgan fingerprint density at radius 2 is 1.52 bits per heavy atom. The monoisotopic (exact) mass is 440 g/mol. The Kier molecular flexibility index (Phi) is 4.70. The summed E-state index contributed by atoms with van der Waals surface area (Å²) in [5.74, 6) is 0. The van der Waals surface area contributed by atoms with Crippen molar-refractivity contribution >= 4 is 29.1 Å². The van der Waals surface area contributed by atoms with Crippen molar-refractivity contribution in [1.29, 1.82) is 0 Å². The van der Waals surface area contributed by atoms with Gasteiger partial charge in [-0.3, -0.25) is 4.48 Å². The first-order valence-corrected chi connectivity index (χ1v) is 11.6. The zero-order valence-electron chi connectivity index (χ0n) is 20.6. The Balaban J connectivity index is 1.87. The molecule has 0 N–H and O–H groups in total. The number of benzene rings is 2. The molecule has 0 amide bonds. The second-order valence-corrected chi connectivity index (χ2v) is 10.4. The van der Waals surface area contributed by atoms with Gasteiger partial charge in [0.25, 0.3) is 0 Å². The molecule has 33 heavy (non-hydrogen) atoms. The Labute approximate surface area is 196 Å². The van der Waals surface area contributed by atoms with E-state index in [2.05, 4.69) is 71.4 Å². The van der Waals surface area contributed by atoms with Gasteiger partial charge in [-0.25, -0.2) is 0 Å². The molecule has 1 unspecified atom stereocenters. The first-order chi connectivity index (χ1) is 15.5. The van der Waals surface area contributed by atoms with E-state index < -0.39 is 6.69 Å². The molecule has 3 nitrogen and oxygen atoms in total. The van der Waals surface area contributed by atoms with Gasteiger partial charge in [-0.05, 0) is 67.9 Å². The fourth-order valence-electron chi connectivity index (χ4n) is 5.72.